The van der Waals surface area contributed by atoms with Crippen LogP contribution in [0.5, 0.6) is 5.75 Å². The van der Waals surface area contributed by atoms with Gasteiger partial charge >= 0.3 is 0 Å². The lowest BCUT2D eigenvalue weighted by Gasteiger charge is -2.13. The second-order valence-corrected chi connectivity index (χ2v) is 10.2. The Morgan fingerprint density at radius 1 is 0.939 bits per heavy atom. The number of aryl methyl sites for hydroxylation is 1. The van der Waals surface area contributed by atoms with E-state index in [1.165, 1.54) is 0 Å². The summed E-state index contributed by atoms with van der Waals surface area (Å²) in [5, 5.41) is 1.97. The van der Waals surface area contributed by atoms with Gasteiger partial charge in [-0.05, 0) is 55.0 Å². The van der Waals surface area contributed by atoms with E-state index in [2.05, 4.69) is 11.1 Å². The van der Waals surface area contributed by atoms with Crippen molar-refractivity contribution in [2.75, 3.05) is 5.75 Å². The van der Waals surface area contributed by atoms with Crippen molar-refractivity contribution in [2.45, 2.75) is 25.3 Å². The van der Waals surface area contributed by atoms with Gasteiger partial charge in [0.05, 0.1) is 21.9 Å². The minimum absolute atomic E-state index is 0.0412. The Balaban J connectivity index is 1.76. The molecule has 0 saturated carbocycles. The molecule has 0 unspecified atom stereocenters. The van der Waals surface area contributed by atoms with Gasteiger partial charge in [-0.25, -0.2) is 13.4 Å². The maximum Gasteiger partial charge on any atom is 0.178 e. The van der Waals surface area contributed by atoms with Crippen molar-refractivity contribution in [3.63, 3.8) is 0 Å². The largest absolute Gasteiger partial charge is 0.485 e. The van der Waals surface area contributed by atoms with Crippen molar-refractivity contribution in [3.8, 4) is 11.4 Å². The lowest BCUT2D eigenvalue weighted by molar-refractivity contribution is 0.304. The molecule has 7 heteroatoms. The summed E-state index contributed by atoms with van der Waals surface area (Å²) in [6.45, 7) is 3.97. The van der Waals surface area contributed by atoms with Crippen LogP contribution in [0.2, 0.25) is 0 Å². The van der Waals surface area contributed by atoms with Crippen LogP contribution in [0.3, 0.4) is 0 Å². The van der Waals surface area contributed by atoms with E-state index in [9.17, 15) is 8.42 Å². The third-order valence-corrected chi connectivity index (χ3v) is 7.38. The van der Waals surface area contributed by atoms with Crippen LogP contribution in [0.4, 0.5) is 0 Å². The van der Waals surface area contributed by atoms with Crippen LogP contribution in [0.1, 0.15) is 18.2 Å². The topological polar surface area (TPSA) is 74.1 Å². The Labute approximate surface area is 192 Å². The number of aromatic nitrogens is 3. The van der Waals surface area contributed by atoms with E-state index in [0.717, 1.165) is 38.9 Å². The number of sulfone groups is 1. The van der Waals surface area contributed by atoms with Crippen LogP contribution >= 0.6 is 0 Å². The van der Waals surface area contributed by atoms with Crippen LogP contribution in [-0.4, -0.2) is 28.7 Å². The van der Waals surface area contributed by atoms with Gasteiger partial charge in [0.1, 0.15) is 18.0 Å². The Morgan fingerprint density at radius 2 is 1.79 bits per heavy atom. The maximum atomic E-state index is 12.6. The number of para-hydroxylation sites is 1. The molecule has 6 nitrogen and oxygen atoms in total. The first-order valence-corrected chi connectivity index (χ1v) is 12.4. The predicted molar refractivity (Wildman–Crippen MR) is 130 cm³/mol. The van der Waals surface area contributed by atoms with E-state index in [0.29, 0.717) is 12.4 Å². The fourth-order valence-corrected chi connectivity index (χ4v) is 4.92. The smallest absolute Gasteiger partial charge is 0.178 e. The number of rotatable bonds is 6. The molecule has 3 aromatic heterocycles. The van der Waals surface area contributed by atoms with Gasteiger partial charge in [-0.3, -0.25) is 9.55 Å². The zero-order chi connectivity index (χ0) is 23.0. The van der Waals surface area contributed by atoms with Crippen molar-refractivity contribution in [1.29, 1.82) is 0 Å². The standard InChI is InChI=1S/C26H23N3O3S/c1-3-33(30,31)21-10-6-9-20(15-21)29-25-22(23-14-18(2)16-28-26(23)29)11-7-12-24(25)32-17-19-8-4-5-13-27-19/h4-16H,3,17H2,1-2H3. The monoisotopic (exact) mass is 457 g/mol. The highest BCUT2D eigenvalue weighted by molar-refractivity contribution is 7.91. The Hall–Kier alpha value is -3.71. The SMILES string of the molecule is CCS(=O)(=O)c1cccc(-n2c3ncc(C)cc3c3cccc(OCc4ccccn4)c32)c1. The molecule has 0 spiro atoms. The number of pyridine rings is 2. The molecule has 0 aliphatic rings. The molecule has 33 heavy (non-hydrogen) atoms. The van der Waals surface area contributed by atoms with E-state index in [4.69, 9.17) is 9.72 Å². The Bertz CT molecular complexity index is 1580. The highest BCUT2D eigenvalue weighted by atomic mass is 32.2. The molecule has 5 aromatic rings. The summed E-state index contributed by atoms with van der Waals surface area (Å²) in [7, 11) is -3.35. The molecule has 0 N–H and O–H groups in total. The number of hydrogen-bond acceptors (Lipinski definition) is 5. The summed E-state index contributed by atoms with van der Waals surface area (Å²) in [4.78, 5) is 9.35. The molecule has 2 aromatic carbocycles. The van der Waals surface area contributed by atoms with Gasteiger partial charge in [-0.15, -0.1) is 0 Å². The number of benzene rings is 2. The van der Waals surface area contributed by atoms with Gasteiger partial charge in [-0.2, -0.15) is 0 Å². The first-order valence-electron chi connectivity index (χ1n) is 10.7. The molecule has 0 fully saturated rings. The molecule has 0 saturated heterocycles. The van der Waals surface area contributed by atoms with E-state index in [1.807, 2.05) is 60.2 Å². The molecular formula is C26H23N3O3S. The van der Waals surface area contributed by atoms with Gasteiger partial charge < -0.3 is 4.74 Å². The molecule has 0 aliphatic carbocycles. The zero-order valence-electron chi connectivity index (χ0n) is 18.4. The van der Waals surface area contributed by atoms with E-state index in [-0.39, 0.29) is 10.6 Å². The molecule has 0 aliphatic heterocycles. The van der Waals surface area contributed by atoms with E-state index >= 15 is 0 Å². The van der Waals surface area contributed by atoms with Crippen LogP contribution in [0.25, 0.3) is 27.6 Å². The second kappa shape index (κ2) is 8.33. The molecule has 0 radical (unpaired) electrons. The summed E-state index contributed by atoms with van der Waals surface area (Å²) in [6, 6.07) is 20.7. The quantitative estimate of drug-likeness (QED) is 0.348. The van der Waals surface area contributed by atoms with Crippen LogP contribution < -0.4 is 4.74 Å². The van der Waals surface area contributed by atoms with Crippen molar-refractivity contribution >= 4 is 31.8 Å². The summed E-state index contributed by atoms with van der Waals surface area (Å²) in [6.07, 6.45) is 3.56. The van der Waals surface area contributed by atoms with Crippen molar-refractivity contribution in [2.24, 2.45) is 0 Å². The third-order valence-electron chi connectivity index (χ3n) is 5.64. The average Bonchev–Trinajstić information content (AvgIpc) is 3.17. The van der Waals surface area contributed by atoms with Gasteiger partial charge in [0, 0.05) is 28.9 Å². The summed E-state index contributed by atoms with van der Waals surface area (Å²) >= 11 is 0. The van der Waals surface area contributed by atoms with Crippen LogP contribution in [0.15, 0.2) is 84.0 Å². The average molecular weight is 458 g/mol. The van der Waals surface area contributed by atoms with Gasteiger partial charge in [-0.1, -0.05) is 31.2 Å². The normalized spacial score (nSPS) is 11.8. The summed E-state index contributed by atoms with van der Waals surface area (Å²) in [5.41, 5.74) is 4.17. The lowest BCUT2D eigenvalue weighted by Crippen LogP contribution is -2.05. The van der Waals surface area contributed by atoms with Crippen molar-refractivity contribution in [3.05, 3.63) is 90.4 Å². The van der Waals surface area contributed by atoms with Crippen LogP contribution in [0, 0.1) is 6.92 Å². The molecule has 5 rings (SSSR count). The number of fused-ring (bicyclic) bond motifs is 3. The lowest BCUT2D eigenvalue weighted by atomic mass is 10.1. The first kappa shape index (κ1) is 21.2. The van der Waals surface area contributed by atoms with E-state index in [1.54, 1.807) is 31.3 Å². The Kier molecular flexibility index (Phi) is 5.34. The highest BCUT2D eigenvalue weighted by Gasteiger charge is 2.19. The Morgan fingerprint density at radius 3 is 2.58 bits per heavy atom. The second-order valence-electron chi connectivity index (χ2n) is 7.88. The first-order chi connectivity index (χ1) is 16.0. The van der Waals surface area contributed by atoms with Gasteiger partial charge in [0.15, 0.2) is 9.84 Å². The zero-order valence-corrected chi connectivity index (χ0v) is 19.2. The van der Waals surface area contributed by atoms with Gasteiger partial charge in [0.2, 0.25) is 0 Å². The van der Waals surface area contributed by atoms with Crippen LogP contribution in [-0.2, 0) is 16.4 Å². The summed E-state index contributed by atoms with van der Waals surface area (Å²) in [5.74, 6) is 0.719. The highest BCUT2D eigenvalue weighted by Crippen LogP contribution is 2.37. The molecule has 0 bridgehead atoms. The molecule has 0 amide bonds. The molecular weight excluding hydrogens is 434 g/mol. The van der Waals surface area contributed by atoms with E-state index < -0.39 is 9.84 Å². The van der Waals surface area contributed by atoms with Crippen molar-refractivity contribution < 1.29 is 13.2 Å². The number of hydrogen-bond donors (Lipinski definition) is 0. The fourth-order valence-electron chi connectivity index (χ4n) is 4.00. The molecule has 0 atom stereocenters. The summed E-state index contributed by atoms with van der Waals surface area (Å²) < 4.78 is 33.3. The molecule has 3 heterocycles. The van der Waals surface area contributed by atoms with Gasteiger partial charge in [0.25, 0.3) is 0 Å². The minimum Gasteiger partial charge on any atom is -0.485 e. The van der Waals surface area contributed by atoms with Crippen molar-refractivity contribution in [1.82, 2.24) is 14.5 Å². The maximum absolute atomic E-state index is 12.6. The minimum atomic E-state index is -3.35. The third kappa shape index (κ3) is 3.85. The number of nitrogens with zero attached hydrogens (tertiary/aromatic N) is 3. The molecule has 166 valence electrons. The fraction of sp³-hybridized carbons (Fsp3) is 0.154. The predicted octanol–water partition coefficient (Wildman–Crippen LogP) is 5.25. The number of ether oxygens (including phenoxy) is 1.